The van der Waals surface area contributed by atoms with E-state index in [-0.39, 0.29) is 0 Å². The second kappa shape index (κ2) is 2.78. The molecule has 0 aromatic carbocycles. The fourth-order valence-electron chi connectivity index (χ4n) is 5.64. The Morgan fingerprint density at radius 2 is 0.882 bits per heavy atom. The summed E-state index contributed by atoms with van der Waals surface area (Å²) < 4.78 is 0.643. The van der Waals surface area contributed by atoms with E-state index in [0.29, 0.717) is 6.47 Å². The highest BCUT2D eigenvalue weighted by atomic mass is 79.9. The molecule has 94 valence electrons. The van der Waals surface area contributed by atoms with Gasteiger partial charge >= 0.3 is 0 Å². The number of rotatable bonds is 0. The topological polar surface area (TPSA) is 0 Å². The predicted molar refractivity (Wildman–Crippen MR) is 83.1 cm³/mol. The minimum absolute atomic E-state index is 0.321. The summed E-state index contributed by atoms with van der Waals surface area (Å²) in [4.78, 5) is 0. The Kier molecular flexibility index (Phi) is 1.89. The smallest absolute Gasteiger partial charge is 0.0721 e. The molecule has 17 heavy (non-hydrogen) atoms. The van der Waals surface area contributed by atoms with Crippen LogP contribution in [0.3, 0.4) is 0 Å². The quantitative estimate of drug-likeness (QED) is 0.399. The number of hydrogen-bond acceptors (Lipinski definition) is 0. The Morgan fingerprint density at radius 1 is 0.588 bits per heavy atom. The van der Waals surface area contributed by atoms with Crippen LogP contribution in [0.15, 0.2) is 0 Å². The molecule has 5 fully saturated rings. The summed E-state index contributed by atoms with van der Waals surface area (Å²) in [5.41, 5.74) is 1.48. The number of alkyl halides is 4. The van der Waals surface area contributed by atoms with Crippen LogP contribution in [0.25, 0.3) is 0 Å². The molecular formula is C13H14Br4. The zero-order valence-corrected chi connectivity index (χ0v) is 15.7. The molecule has 0 amide bonds. The molecule has 0 heterocycles. The molecule has 0 spiro atoms. The van der Waals surface area contributed by atoms with E-state index in [9.17, 15) is 0 Å². The normalized spacial score (nSPS) is 67.1. The zero-order valence-electron chi connectivity index (χ0n) is 9.36. The van der Waals surface area contributed by atoms with Gasteiger partial charge in [-0.25, -0.2) is 0 Å². The standard InChI is InChI=1S/C13H14Br4/c14-12(15)6-1-10-2-8-9(13(8,16)17)4-11(10,5-10)3-7(6)12/h6-9H,1-5H2/t6-,7+,8-,9+,10?,11?. The molecule has 5 saturated carbocycles. The summed E-state index contributed by atoms with van der Waals surface area (Å²) in [7, 11) is 0. The highest BCUT2D eigenvalue weighted by molar-refractivity contribution is 9.26. The number of fused-ring (bicyclic) bond motifs is 2. The molecule has 0 aromatic heterocycles. The fraction of sp³-hybridized carbons (Fsp3) is 1.00. The van der Waals surface area contributed by atoms with Crippen LogP contribution in [0, 0.1) is 34.5 Å². The highest BCUT2D eigenvalue weighted by Gasteiger charge is 2.84. The lowest BCUT2D eigenvalue weighted by molar-refractivity contribution is 0.157. The number of halogens is 4. The predicted octanol–water partition coefficient (Wildman–Crippen LogP) is 5.41. The van der Waals surface area contributed by atoms with Gasteiger partial charge < -0.3 is 0 Å². The molecule has 0 aliphatic heterocycles. The van der Waals surface area contributed by atoms with Crippen molar-refractivity contribution < 1.29 is 0 Å². The molecule has 0 bridgehead atoms. The molecule has 0 nitrogen and oxygen atoms in total. The molecular weight excluding hydrogens is 476 g/mol. The van der Waals surface area contributed by atoms with E-state index in [1.54, 1.807) is 6.42 Å². The monoisotopic (exact) mass is 486 g/mol. The van der Waals surface area contributed by atoms with Gasteiger partial charge in [0, 0.05) is 0 Å². The Hall–Kier alpha value is 1.92. The average Bonchev–Trinajstić information content (AvgIpc) is 3.13. The summed E-state index contributed by atoms with van der Waals surface area (Å²) in [5.74, 6) is 3.64. The molecule has 5 rings (SSSR count). The van der Waals surface area contributed by atoms with E-state index in [0.717, 1.165) is 34.5 Å². The lowest BCUT2D eigenvalue weighted by atomic mass is 9.71. The van der Waals surface area contributed by atoms with E-state index in [4.69, 9.17) is 0 Å². The maximum Gasteiger partial charge on any atom is 0.0868 e. The molecule has 0 radical (unpaired) electrons. The van der Waals surface area contributed by atoms with Crippen molar-refractivity contribution in [2.45, 2.75) is 38.6 Å². The molecule has 5 aliphatic carbocycles. The van der Waals surface area contributed by atoms with Crippen molar-refractivity contribution in [3.8, 4) is 0 Å². The van der Waals surface area contributed by atoms with Crippen LogP contribution in [-0.2, 0) is 0 Å². The Bertz CT molecular complexity index is 373. The third-order valence-corrected chi connectivity index (χ3v) is 11.6. The van der Waals surface area contributed by atoms with Crippen molar-refractivity contribution in [3.05, 3.63) is 0 Å². The van der Waals surface area contributed by atoms with Gasteiger partial charge in [0.15, 0.2) is 0 Å². The van der Waals surface area contributed by atoms with E-state index < -0.39 is 0 Å². The largest absolute Gasteiger partial charge is 0.0868 e. The van der Waals surface area contributed by atoms with Crippen molar-refractivity contribution in [2.24, 2.45) is 34.5 Å². The lowest BCUT2D eigenvalue weighted by Gasteiger charge is -2.33. The van der Waals surface area contributed by atoms with E-state index in [2.05, 4.69) is 63.7 Å². The summed E-state index contributed by atoms with van der Waals surface area (Å²) in [6.07, 6.45) is 7.47. The summed E-state index contributed by atoms with van der Waals surface area (Å²) in [5, 5.41) is 0. The van der Waals surface area contributed by atoms with Gasteiger partial charge in [-0.15, -0.1) is 0 Å². The summed E-state index contributed by atoms with van der Waals surface area (Å²) in [6, 6.07) is 0. The van der Waals surface area contributed by atoms with Crippen LogP contribution < -0.4 is 0 Å². The van der Waals surface area contributed by atoms with Crippen molar-refractivity contribution >= 4 is 63.7 Å². The summed E-state index contributed by atoms with van der Waals surface area (Å²) in [6.45, 7) is 0. The van der Waals surface area contributed by atoms with Crippen LogP contribution in [-0.4, -0.2) is 6.47 Å². The van der Waals surface area contributed by atoms with Gasteiger partial charge in [0.1, 0.15) is 0 Å². The van der Waals surface area contributed by atoms with Crippen LogP contribution in [0.5, 0.6) is 0 Å². The van der Waals surface area contributed by atoms with E-state index >= 15 is 0 Å². The maximum atomic E-state index is 3.90. The third kappa shape index (κ3) is 1.15. The molecule has 4 atom stereocenters. The van der Waals surface area contributed by atoms with Crippen LogP contribution >= 0.6 is 63.7 Å². The molecule has 4 heteroatoms. The lowest BCUT2D eigenvalue weighted by Crippen LogP contribution is -2.25. The summed E-state index contributed by atoms with van der Waals surface area (Å²) >= 11 is 15.6. The molecule has 5 aliphatic rings. The van der Waals surface area contributed by atoms with E-state index in [1.807, 2.05) is 0 Å². The highest BCUT2D eigenvalue weighted by Crippen LogP contribution is 2.91. The molecule has 0 unspecified atom stereocenters. The van der Waals surface area contributed by atoms with Gasteiger partial charge in [-0.05, 0) is 66.6 Å². The van der Waals surface area contributed by atoms with Gasteiger partial charge in [0.05, 0.1) is 6.47 Å². The van der Waals surface area contributed by atoms with Crippen molar-refractivity contribution in [3.63, 3.8) is 0 Å². The SMILES string of the molecule is BrC1(Br)[C@@H]2CC34C[C@@H]5[C@H](CC3(C[C@@H]21)C4)C5(Br)Br. The zero-order chi connectivity index (χ0) is 11.8. The van der Waals surface area contributed by atoms with Crippen molar-refractivity contribution in [1.82, 2.24) is 0 Å². The molecule has 0 saturated heterocycles. The average molecular weight is 490 g/mol. The first-order chi connectivity index (χ1) is 7.83. The van der Waals surface area contributed by atoms with Crippen molar-refractivity contribution in [2.75, 3.05) is 0 Å². The molecule has 0 aromatic rings. The van der Waals surface area contributed by atoms with E-state index in [1.165, 1.54) is 25.7 Å². The van der Waals surface area contributed by atoms with Gasteiger partial charge in [0.25, 0.3) is 0 Å². The first-order valence-electron chi connectivity index (χ1n) is 6.58. The third-order valence-electron chi connectivity index (χ3n) is 6.85. The second-order valence-corrected chi connectivity index (χ2v) is 14.7. The van der Waals surface area contributed by atoms with Crippen molar-refractivity contribution in [1.29, 1.82) is 0 Å². The van der Waals surface area contributed by atoms with Crippen LogP contribution in [0.2, 0.25) is 0 Å². The molecule has 0 N–H and O–H groups in total. The maximum absolute atomic E-state index is 3.90. The minimum Gasteiger partial charge on any atom is -0.0721 e. The minimum atomic E-state index is 0.321. The first-order valence-corrected chi connectivity index (χ1v) is 9.75. The first kappa shape index (κ1) is 11.6. The van der Waals surface area contributed by atoms with Gasteiger partial charge in [-0.2, -0.15) is 0 Å². The van der Waals surface area contributed by atoms with Gasteiger partial charge in [0.2, 0.25) is 0 Å². The number of hydrogen-bond donors (Lipinski definition) is 0. The Balaban J connectivity index is 1.50. The fourth-order valence-corrected chi connectivity index (χ4v) is 8.96. The van der Waals surface area contributed by atoms with Gasteiger partial charge in [-0.1, -0.05) is 63.7 Å². The second-order valence-electron chi connectivity index (χ2n) is 7.33. The van der Waals surface area contributed by atoms with Gasteiger partial charge in [-0.3, -0.25) is 0 Å². The Labute approximate surface area is 136 Å². The Morgan fingerprint density at radius 3 is 1.18 bits per heavy atom. The van der Waals surface area contributed by atoms with Crippen LogP contribution in [0.4, 0.5) is 0 Å². The van der Waals surface area contributed by atoms with Crippen LogP contribution in [0.1, 0.15) is 32.1 Å².